The summed E-state index contributed by atoms with van der Waals surface area (Å²) in [5.41, 5.74) is 2.21. The minimum Gasteiger partial charge on any atom is -0.455 e. The highest BCUT2D eigenvalue weighted by molar-refractivity contribution is 9.10. The second kappa shape index (κ2) is 6.86. The average Bonchev–Trinajstić information content (AvgIpc) is 2.43. The molecule has 0 saturated carbocycles. The van der Waals surface area contributed by atoms with Crippen molar-refractivity contribution < 1.29 is 4.74 Å². The fourth-order valence-corrected chi connectivity index (χ4v) is 2.41. The predicted molar refractivity (Wildman–Crippen MR) is 85.3 cm³/mol. The van der Waals surface area contributed by atoms with E-state index in [0.717, 1.165) is 28.2 Å². The first-order chi connectivity index (χ1) is 9.60. The number of hydrogen-bond donors (Lipinski definition) is 1. The first-order valence-corrected chi connectivity index (χ1v) is 7.52. The zero-order chi connectivity index (χ0) is 14.5. The minimum atomic E-state index is 0.325. The Balaban J connectivity index is 2.15. The second-order valence-electron chi connectivity index (χ2n) is 4.71. The maximum absolute atomic E-state index is 5.83. The summed E-state index contributed by atoms with van der Waals surface area (Å²) in [6.07, 6.45) is 1.73. The molecule has 1 aromatic carbocycles. The van der Waals surface area contributed by atoms with Crippen LogP contribution in [0.25, 0.3) is 0 Å². The third-order valence-corrected chi connectivity index (χ3v) is 3.70. The number of hydrogen-bond acceptors (Lipinski definition) is 3. The van der Waals surface area contributed by atoms with Crippen LogP contribution in [0.5, 0.6) is 11.5 Å². The molecule has 0 aliphatic heterocycles. The Hall–Kier alpha value is -1.39. The molecule has 3 nitrogen and oxygen atoms in total. The molecule has 0 spiro atoms. The summed E-state index contributed by atoms with van der Waals surface area (Å²) >= 11 is 3.57. The van der Waals surface area contributed by atoms with Gasteiger partial charge in [0, 0.05) is 11.7 Å². The molecule has 0 saturated heterocycles. The van der Waals surface area contributed by atoms with Crippen LogP contribution in [0.15, 0.2) is 41.0 Å². The number of halogens is 1. The zero-order valence-corrected chi connectivity index (χ0v) is 13.6. The van der Waals surface area contributed by atoms with Crippen LogP contribution >= 0.6 is 15.9 Å². The van der Waals surface area contributed by atoms with E-state index in [-0.39, 0.29) is 0 Å². The number of pyridine rings is 1. The lowest BCUT2D eigenvalue weighted by Crippen LogP contribution is -2.17. The monoisotopic (exact) mass is 334 g/mol. The number of ether oxygens (including phenoxy) is 1. The molecule has 1 N–H and O–H groups in total. The van der Waals surface area contributed by atoms with E-state index < -0.39 is 0 Å². The van der Waals surface area contributed by atoms with Crippen molar-refractivity contribution >= 4 is 15.9 Å². The van der Waals surface area contributed by atoms with Crippen LogP contribution in [0.4, 0.5) is 0 Å². The zero-order valence-electron chi connectivity index (χ0n) is 12.0. The summed E-state index contributed by atoms with van der Waals surface area (Å²) in [6.45, 7) is 7.16. The van der Waals surface area contributed by atoms with E-state index in [4.69, 9.17) is 4.74 Å². The van der Waals surface area contributed by atoms with E-state index in [1.54, 1.807) is 6.20 Å². The lowest BCUT2D eigenvalue weighted by Gasteiger charge is -2.15. The molecular weight excluding hydrogens is 316 g/mol. The molecule has 1 aromatic heterocycles. The standard InChI is InChI=1S/C16H19BrN2O/c1-4-18-12(3)13-6-8-16(15(17)9-13)20-14-7-5-11(2)19-10-14/h5-10,12,18H,4H2,1-3H3. The van der Waals surface area contributed by atoms with E-state index in [1.807, 2.05) is 25.1 Å². The molecule has 0 bridgehead atoms. The van der Waals surface area contributed by atoms with E-state index in [9.17, 15) is 0 Å². The minimum absolute atomic E-state index is 0.325. The number of nitrogens with zero attached hydrogens (tertiary/aromatic N) is 1. The molecule has 106 valence electrons. The van der Waals surface area contributed by atoms with Gasteiger partial charge in [0.05, 0.1) is 10.7 Å². The van der Waals surface area contributed by atoms with Crippen molar-refractivity contribution in [3.05, 3.63) is 52.3 Å². The lowest BCUT2D eigenvalue weighted by atomic mass is 10.1. The third kappa shape index (κ3) is 3.81. The van der Waals surface area contributed by atoms with Gasteiger partial charge in [0.1, 0.15) is 11.5 Å². The van der Waals surface area contributed by atoms with Gasteiger partial charge in [-0.15, -0.1) is 0 Å². The van der Waals surface area contributed by atoms with Gasteiger partial charge in [-0.3, -0.25) is 4.98 Å². The van der Waals surface area contributed by atoms with Crippen LogP contribution in [0.1, 0.15) is 31.1 Å². The predicted octanol–water partition coefficient (Wildman–Crippen LogP) is 4.62. The SMILES string of the molecule is CCNC(C)c1ccc(Oc2ccc(C)nc2)c(Br)c1. The van der Waals surface area contributed by atoms with Crippen molar-refractivity contribution in [2.24, 2.45) is 0 Å². The van der Waals surface area contributed by atoms with Crippen LogP contribution in [0.2, 0.25) is 0 Å². The quantitative estimate of drug-likeness (QED) is 0.866. The summed E-state index contributed by atoms with van der Waals surface area (Å²) in [7, 11) is 0. The molecule has 0 fully saturated rings. The number of benzene rings is 1. The molecule has 0 aliphatic carbocycles. The highest BCUT2D eigenvalue weighted by Crippen LogP contribution is 2.31. The van der Waals surface area contributed by atoms with Gasteiger partial charge in [-0.25, -0.2) is 0 Å². The van der Waals surface area contributed by atoms with Crippen molar-refractivity contribution in [2.75, 3.05) is 6.54 Å². The molecule has 0 aliphatic rings. The first-order valence-electron chi connectivity index (χ1n) is 6.73. The fourth-order valence-electron chi connectivity index (χ4n) is 1.93. The van der Waals surface area contributed by atoms with Gasteiger partial charge in [0.2, 0.25) is 0 Å². The normalized spacial score (nSPS) is 12.2. The van der Waals surface area contributed by atoms with Crippen LogP contribution in [-0.2, 0) is 0 Å². The topological polar surface area (TPSA) is 34.1 Å². The van der Waals surface area contributed by atoms with E-state index in [2.05, 4.69) is 52.2 Å². The summed E-state index contributed by atoms with van der Waals surface area (Å²) in [5, 5.41) is 3.39. The van der Waals surface area contributed by atoms with Crippen LogP contribution in [0.3, 0.4) is 0 Å². The largest absolute Gasteiger partial charge is 0.455 e. The Kier molecular flexibility index (Phi) is 5.15. The molecule has 1 heterocycles. The van der Waals surface area contributed by atoms with Crippen molar-refractivity contribution in [1.29, 1.82) is 0 Å². The maximum Gasteiger partial charge on any atom is 0.145 e. The van der Waals surface area contributed by atoms with Crippen molar-refractivity contribution in [2.45, 2.75) is 26.8 Å². The molecule has 20 heavy (non-hydrogen) atoms. The van der Waals surface area contributed by atoms with Crippen LogP contribution in [-0.4, -0.2) is 11.5 Å². The van der Waals surface area contributed by atoms with Gasteiger partial charge in [0.25, 0.3) is 0 Å². The van der Waals surface area contributed by atoms with Crippen LogP contribution in [0, 0.1) is 6.92 Å². The molecule has 2 rings (SSSR count). The Bertz CT molecular complexity index is 569. The van der Waals surface area contributed by atoms with Crippen LogP contribution < -0.4 is 10.1 Å². The van der Waals surface area contributed by atoms with E-state index in [0.29, 0.717) is 6.04 Å². The van der Waals surface area contributed by atoms with Gasteiger partial charge in [-0.05, 0) is 66.2 Å². The summed E-state index contributed by atoms with van der Waals surface area (Å²) in [6, 6.07) is 10.3. The lowest BCUT2D eigenvalue weighted by molar-refractivity contribution is 0.476. The first kappa shape index (κ1) is 15.0. The molecule has 0 radical (unpaired) electrons. The molecular formula is C16H19BrN2O. The molecule has 4 heteroatoms. The Morgan fingerprint density at radius 3 is 2.70 bits per heavy atom. The summed E-state index contributed by atoms with van der Waals surface area (Å²) < 4.78 is 6.77. The van der Waals surface area contributed by atoms with Crippen molar-refractivity contribution in [1.82, 2.24) is 10.3 Å². The molecule has 1 atom stereocenters. The van der Waals surface area contributed by atoms with E-state index >= 15 is 0 Å². The van der Waals surface area contributed by atoms with Gasteiger partial charge in [-0.2, -0.15) is 0 Å². The summed E-state index contributed by atoms with van der Waals surface area (Å²) in [5.74, 6) is 1.53. The Morgan fingerprint density at radius 1 is 1.30 bits per heavy atom. The Morgan fingerprint density at radius 2 is 2.10 bits per heavy atom. The second-order valence-corrected chi connectivity index (χ2v) is 5.56. The molecule has 2 aromatic rings. The summed E-state index contributed by atoms with van der Waals surface area (Å²) in [4.78, 5) is 4.22. The number of aryl methyl sites for hydroxylation is 1. The third-order valence-electron chi connectivity index (χ3n) is 3.08. The van der Waals surface area contributed by atoms with Gasteiger partial charge in [0.15, 0.2) is 0 Å². The average molecular weight is 335 g/mol. The Labute approximate surface area is 128 Å². The molecule has 1 unspecified atom stereocenters. The highest BCUT2D eigenvalue weighted by atomic mass is 79.9. The van der Waals surface area contributed by atoms with Gasteiger partial charge >= 0.3 is 0 Å². The number of nitrogens with one attached hydrogen (secondary N) is 1. The fraction of sp³-hybridized carbons (Fsp3) is 0.312. The van der Waals surface area contributed by atoms with E-state index in [1.165, 1.54) is 5.56 Å². The maximum atomic E-state index is 5.83. The van der Waals surface area contributed by atoms with Gasteiger partial charge in [-0.1, -0.05) is 13.0 Å². The van der Waals surface area contributed by atoms with Crippen molar-refractivity contribution in [3.8, 4) is 11.5 Å². The number of rotatable bonds is 5. The molecule has 0 amide bonds. The highest BCUT2D eigenvalue weighted by Gasteiger charge is 2.08. The van der Waals surface area contributed by atoms with Crippen molar-refractivity contribution in [3.63, 3.8) is 0 Å². The smallest absolute Gasteiger partial charge is 0.145 e. The van der Waals surface area contributed by atoms with Gasteiger partial charge < -0.3 is 10.1 Å². The number of aromatic nitrogens is 1.